The highest BCUT2D eigenvalue weighted by Crippen LogP contribution is 2.15. The van der Waals surface area contributed by atoms with Crippen LogP contribution in [0.25, 0.3) is 0 Å². The molecule has 0 fully saturated rings. The maximum atomic E-state index is 12.6. The molecule has 14 heavy (non-hydrogen) atoms. The predicted molar refractivity (Wildman–Crippen MR) is 46.9 cm³/mol. The molecule has 1 atom stereocenters. The second-order valence-corrected chi connectivity index (χ2v) is 2.83. The number of hydrogen-bond donors (Lipinski definition) is 2. The number of benzene rings is 1. The minimum absolute atomic E-state index is 0.0571. The third-order valence-corrected chi connectivity index (χ3v) is 1.59. The zero-order valence-corrected chi connectivity index (χ0v) is 7.41. The van der Waals surface area contributed by atoms with Crippen molar-refractivity contribution in [3.63, 3.8) is 0 Å². The van der Waals surface area contributed by atoms with Gasteiger partial charge in [0.15, 0.2) is 11.6 Å². The molecule has 0 heterocycles. The first kappa shape index (κ1) is 10.9. The molecule has 0 bridgehead atoms. The van der Waals surface area contributed by atoms with Gasteiger partial charge in [-0.25, -0.2) is 8.78 Å². The van der Waals surface area contributed by atoms with Crippen LogP contribution in [-0.4, -0.2) is 24.4 Å². The molecule has 0 spiro atoms. The molecule has 1 aromatic rings. The van der Waals surface area contributed by atoms with E-state index in [4.69, 9.17) is 15.6 Å². The summed E-state index contributed by atoms with van der Waals surface area (Å²) in [6.07, 6.45) is 0. The maximum Gasteiger partial charge on any atom is 0.162 e. The minimum Gasteiger partial charge on any atom is -0.492 e. The van der Waals surface area contributed by atoms with Crippen LogP contribution >= 0.6 is 0 Å². The van der Waals surface area contributed by atoms with Gasteiger partial charge in [-0.3, -0.25) is 0 Å². The molecule has 0 aliphatic rings. The summed E-state index contributed by atoms with van der Waals surface area (Å²) >= 11 is 0. The lowest BCUT2D eigenvalue weighted by Crippen LogP contribution is -2.31. The Balaban J connectivity index is 2.55. The summed E-state index contributed by atoms with van der Waals surface area (Å²) < 4.78 is 30.1. The van der Waals surface area contributed by atoms with Crippen molar-refractivity contribution in [3.05, 3.63) is 29.8 Å². The molecule has 0 saturated heterocycles. The highest BCUT2D eigenvalue weighted by atomic mass is 19.2. The highest BCUT2D eigenvalue weighted by Gasteiger charge is 2.05. The van der Waals surface area contributed by atoms with Gasteiger partial charge in [0.05, 0.1) is 12.6 Å². The Hall–Kier alpha value is -1.20. The molecule has 0 amide bonds. The Labute approximate surface area is 80.1 Å². The second kappa shape index (κ2) is 4.88. The van der Waals surface area contributed by atoms with E-state index in [2.05, 4.69) is 0 Å². The van der Waals surface area contributed by atoms with Gasteiger partial charge in [0.1, 0.15) is 12.4 Å². The van der Waals surface area contributed by atoms with Crippen LogP contribution in [-0.2, 0) is 0 Å². The van der Waals surface area contributed by atoms with Gasteiger partial charge in [-0.1, -0.05) is 0 Å². The van der Waals surface area contributed by atoms with Crippen molar-refractivity contribution in [3.8, 4) is 5.75 Å². The molecule has 0 aliphatic carbocycles. The van der Waals surface area contributed by atoms with Crippen LogP contribution in [0.4, 0.5) is 8.78 Å². The third-order valence-electron chi connectivity index (χ3n) is 1.59. The van der Waals surface area contributed by atoms with Gasteiger partial charge in [0.25, 0.3) is 0 Å². The van der Waals surface area contributed by atoms with Gasteiger partial charge in [-0.15, -0.1) is 0 Å². The van der Waals surface area contributed by atoms with Crippen molar-refractivity contribution in [2.24, 2.45) is 5.73 Å². The number of nitrogens with two attached hydrogens (primary N) is 1. The predicted octanol–water partition coefficient (Wildman–Crippen LogP) is 0.663. The van der Waals surface area contributed by atoms with Crippen LogP contribution in [0.2, 0.25) is 0 Å². The molecule has 1 aromatic carbocycles. The van der Waals surface area contributed by atoms with E-state index < -0.39 is 17.7 Å². The average Bonchev–Trinajstić information content (AvgIpc) is 2.19. The van der Waals surface area contributed by atoms with Gasteiger partial charge in [-0.2, -0.15) is 0 Å². The fourth-order valence-corrected chi connectivity index (χ4v) is 0.823. The summed E-state index contributed by atoms with van der Waals surface area (Å²) in [6, 6.07) is 2.67. The van der Waals surface area contributed by atoms with E-state index in [1.54, 1.807) is 0 Å². The molecular formula is C9H11F2NO2. The number of rotatable bonds is 4. The molecular weight excluding hydrogens is 192 g/mol. The molecule has 5 heteroatoms. The number of halogens is 2. The largest absolute Gasteiger partial charge is 0.492 e. The van der Waals surface area contributed by atoms with Gasteiger partial charge < -0.3 is 15.6 Å². The minimum atomic E-state index is -0.972. The molecule has 1 unspecified atom stereocenters. The van der Waals surface area contributed by atoms with E-state index in [-0.39, 0.29) is 19.0 Å². The van der Waals surface area contributed by atoms with Gasteiger partial charge in [-0.05, 0) is 12.1 Å². The Morgan fingerprint density at radius 3 is 2.64 bits per heavy atom. The molecule has 0 radical (unpaired) electrons. The number of ether oxygens (including phenoxy) is 1. The highest BCUT2D eigenvalue weighted by molar-refractivity contribution is 5.23. The summed E-state index contributed by atoms with van der Waals surface area (Å²) in [7, 11) is 0. The maximum absolute atomic E-state index is 12.6. The number of hydrogen-bond acceptors (Lipinski definition) is 3. The molecule has 1 rings (SSSR count). The lowest BCUT2D eigenvalue weighted by atomic mass is 10.3. The third kappa shape index (κ3) is 2.93. The monoisotopic (exact) mass is 203 g/mol. The van der Waals surface area contributed by atoms with Gasteiger partial charge in [0.2, 0.25) is 0 Å². The fourth-order valence-electron chi connectivity index (χ4n) is 0.823. The lowest BCUT2D eigenvalue weighted by molar-refractivity contribution is 0.206. The van der Waals surface area contributed by atoms with Crippen LogP contribution in [0.15, 0.2) is 18.2 Å². The molecule has 0 aromatic heterocycles. The standard InChI is InChI=1S/C9H11F2NO2/c10-8-2-1-7(3-9(8)11)14-5-6(12)4-13/h1-3,6,13H,4-5,12H2. The van der Waals surface area contributed by atoms with Crippen molar-refractivity contribution in [2.45, 2.75) is 6.04 Å². The normalized spacial score (nSPS) is 12.6. The summed E-state index contributed by atoms with van der Waals surface area (Å²) in [5.41, 5.74) is 5.35. The van der Waals surface area contributed by atoms with Crippen molar-refractivity contribution in [1.29, 1.82) is 0 Å². The Morgan fingerprint density at radius 1 is 1.36 bits per heavy atom. The van der Waals surface area contributed by atoms with Gasteiger partial charge >= 0.3 is 0 Å². The molecule has 78 valence electrons. The molecule has 3 N–H and O–H groups in total. The fraction of sp³-hybridized carbons (Fsp3) is 0.333. The van der Waals surface area contributed by atoms with Crippen LogP contribution in [0, 0.1) is 11.6 Å². The summed E-state index contributed by atoms with van der Waals surface area (Å²) in [5, 5.41) is 8.57. The van der Waals surface area contributed by atoms with Gasteiger partial charge in [0, 0.05) is 6.07 Å². The van der Waals surface area contributed by atoms with Crippen LogP contribution in [0.5, 0.6) is 5.75 Å². The number of aliphatic hydroxyl groups excluding tert-OH is 1. The summed E-state index contributed by atoms with van der Waals surface area (Å²) in [4.78, 5) is 0. The second-order valence-electron chi connectivity index (χ2n) is 2.83. The smallest absolute Gasteiger partial charge is 0.162 e. The van der Waals surface area contributed by atoms with Crippen LogP contribution in [0.3, 0.4) is 0 Å². The van der Waals surface area contributed by atoms with E-state index in [9.17, 15) is 8.78 Å². The van der Waals surface area contributed by atoms with Crippen LogP contribution in [0.1, 0.15) is 0 Å². The molecule has 3 nitrogen and oxygen atoms in total. The van der Waals surface area contributed by atoms with E-state index in [1.165, 1.54) is 6.07 Å². The first-order valence-corrected chi connectivity index (χ1v) is 4.07. The zero-order valence-electron chi connectivity index (χ0n) is 7.41. The SMILES string of the molecule is NC(CO)COc1ccc(F)c(F)c1. The Morgan fingerprint density at radius 2 is 2.07 bits per heavy atom. The van der Waals surface area contributed by atoms with E-state index in [1.807, 2.05) is 0 Å². The van der Waals surface area contributed by atoms with Crippen molar-refractivity contribution in [2.75, 3.05) is 13.2 Å². The topological polar surface area (TPSA) is 55.5 Å². The molecule has 0 saturated carbocycles. The van der Waals surface area contributed by atoms with E-state index >= 15 is 0 Å². The first-order chi connectivity index (χ1) is 6.63. The molecule has 0 aliphatic heterocycles. The van der Waals surface area contributed by atoms with Crippen molar-refractivity contribution >= 4 is 0 Å². The quantitative estimate of drug-likeness (QED) is 0.756. The van der Waals surface area contributed by atoms with E-state index in [0.717, 1.165) is 12.1 Å². The first-order valence-electron chi connectivity index (χ1n) is 4.07. The lowest BCUT2D eigenvalue weighted by Gasteiger charge is -2.10. The Bertz CT molecular complexity index is 307. The van der Waals surface area contributed by atoms with E-state index in [0.29, 0.717) is 0 Å². The summed E-state index contributed by atoms with van der Waals surface area (Å²) in [5.74, 6) is -1.71. The van der Waals surface area contributed by atoms with Crippen LogP contribution < -0.4 is 10.5 Å². The zero-order chi connectivity index (χ0) is 10.6. The number of aliphatic hydroxyl groups is 1. The van der Waals surface area contributed by atoms with Crippen molar-refractivity contribution < 1.29 is 18.6 Å². The average molecular weight is 203 g/mol. The Kier molecular flexibility index (Phi) is 3.79. The van der Waals surface area contributed by atoms with Crippen molar-refractivity contribution in [1.82, 2.24) is 0 Å². The summed E-state index contributed by atoms with van der Waals surface area (Å²) in [6.45, 7) is -0.161.